The Morgan fingerprint density at radius 1 is 1.00 bits per heavy atom. The highest BCUT2D eigenvalue weighted by Crippen LogP contribution is 2.17. The van der Waals surface area contributed by atoms with Gasteiger partial charge in [0.2, 0.25) is 0 Å². The van der Waals surface area contributed by atoms with E-state index in [9.17, 15) is 0 Å². The van der Waals surface area contributed by atoms with Crippen molar-refractivity contribution in [3.8, 4) is 11.8 Å². The molecule has 1 heteroatoms. The molecule has 0 saturated heterocycles. The van der Waals surface area contributed by atoms with Gasteiger partial charge in [-0.15, -0.1) is 0 Å². The largest absolute Gasteiger partial charge is 0.316 e. The first-order valence-electron chi connectivity index (χ1n) is 5.36. The molecule has 1 nitrogen and oxygen atoms in total. The van der Waals surface area contributed by atoms with Gasteiger partial charge in [0.1, 0.15) is 0 Å². The Morgan fingerprint density at radius 2 is 1.69 bits per heavy atom. The van der Waals surface area contributed by atoms with Crippen LogP contribution in [0, 0.1) is 11.8 Å². The average molecular weight is 209 g/mol. The minimum absolute atomic E-state index is 0.447. The zero-order valence-corrected chi connectivity index (χ0v) is 9.62. The third-order valence-electron chi connectivity index (χ3n) is 2.31. The van der Waals surface area contributed by atoms with E-state index in [4.69, 9.17) is 5.73 Å². The van der Waals surface area contributed by atoms with Crippen molar-refractivity contribution in [3.05, 3.63) is 48.0 Å². The van der Waals surface area contributed by atoms with E-state index in [1.807, 2.05) is 38.1 Å². The van der Waals surface area contributed by atoms with Gasteiger partial charge in [0.25, 0.3) is 0 Å². The number of rotatable bonds is 0. The maximum Gasteiger partial charge on any atom is 0.0722 e. The molecule has 0 radical (unpaired) electrons. The summed E-state index contributed by atoms with van der Waals surface area (Å²) in [5, 5.41) is 2.39. The average Bonchev–Trinajstić information content (AvgIpc) is 2.25. The second kappa shape index (κ2) is 4.00. The first-order valence-corrected chi connectivity index (χ1v) is 5.36. The summed E-state index contributed by atoms with van der Waals surface area (Å²) in [6.45, 7) is 3.82. The standard InChI is InChI=1S/C15H15N/c1-15(2,16)11-10-13-8-5-7-12-6-3-4-9-14(12)13/h3-9H,16H2,1-2H3. The van der Waals surface area contributed by atoms with E-state index in [1.165, 1.54) is 10.8 Å². The fourth-order valence-electron chi connectivity index (χ4n) is 1.56. The van der Waals surface area contributed by atoms with Crippen LogP contribution in [0.15, 0.2) is 42.5 Å². The van der Waals surface area contributed by atoms with Crippen LogP contribution in [-0.2, 0) is 0 Å². The number of fused-ring (bicyclic) bond motifs is 1. The molecule has 0 aromatic heterocycles. The van der Waals surface area contributed by atoms with Crippen molar-refractivity contribution in [3.63, 3.8) is 0 Å². The molecule has 0 bridgehead atoms. The highest BCUT2D eigenvalue weighted by molar-refractivity contribution is 5.88. The lowest BCUT2D eigenvalue weighted by molar-refractivity contribution is 0.680. The molecule has 0 fully saturated rings. The Bertz CT molecular complexity index is 560. The third kappa shape index (κ3) is 2.42. The zero-order valence-electron chi connectivity index (χ0n) is 9.62. The number of hydrogen-bond acceptors (Lipinski definition) is 1. The molecule has 0 atom stereocenters. The van der Waals surface area contributed by atoms with Gasteiger partial charge in [-0.05, 0) is 30.7 Å². The Morgan fingerprint density at radius 3 is 2.44 bits per heavy atom. The molecule has 0 aliphatic heterocycles. The van der Waals surface area contributed by atoms with Crippen molar-refractivity contribution < 1.29 is 0 Å². The van der Waals surface area contributed by atoms with E-state index in [2.05, 4.69) is 30.0 Å². The lowest BCUT2D eigenvalue weighted by Gasteiger charge is -2.07. The molecule has 0 amide bonds. The van der Waals surface area contributed by atoms with Gasteiger partial charge in [0, 0.05) is 5.56 Å². The highest BCUT2D eigenvalue weighted by Gasteiger charge is 2.04. The van der Waals surface area contributed by atoms with Crippen LogP contribution in [0.2, 0.25) is 0 Å². The smallest absolute Gasteiger partial charge is 0.0722 e. The summed E-state index contributed by atoms with van der Waals surface area (Å²) in [5.41, 5.74) is 6.44. The van der Waals surface area contributed by atoms with Gasteiger partial charge in [-0.1, -0.05) is 48.2 Å². The Balaban J connectivity index is 2.56. The van der Waals surface area contributed by atoms with Gasteiger partial charge in [-0.3, -0.25) is 0 Å². The van der Waals surface area contributed by atoms with Crippen molar-refractivity contribution in [1.82, 2.24) is 0 Å². The van der Waals surface area contributed by atoms with Crippen LogP contribution in [0.3, 0.4) is 0 Å². The van der Waals surface area contributed by atoms with Crippen LogP contribution in [0.5, 0.6) is 0 Å². The van der Waals surface area contributed by atoms with E-state index < -0.39 is 5.54 Å². The summed E-state index contributed by atoms with van der Waals surface area (Å²) in [7, 11) is 0. The van der Waals surface area contributed by atoms with Gasteiger partial charge >= 0.3 is 0 Å². The van der Waals surface area contributed by atoms with Crippen LogP contribution in [0.25, 0.3) is 10.8 Å². The molecule has 0 aliphatic rings. The molecular formula is C15H15N. The van der Waals surface area contributed by atoms with Gasteiger partial charge in [0.05, 0.1) is 5.54 Å². The molecule has 0 aliphatic carbocycles. The molecule has 80 valence electrons. The maximum absolute atomic E-state index is 5.85. The molecule has 0 spiro atoms. The van der Waals surface area contributed by atoms with Crippen LogP contribution >= 0.6 is 0 Å². The first-order chi connectivity index (χ1) is 7.56. The number of hydrogen-bond donors (Lipinski definition) is 1. The van der Waals surface area contributed by atoms with Crippen LogP contribution in [0.4, 0.5) is 0 Å². The quantitative estimate of drug-likeness (QED) is 0.663. The summed E-state index contributed by atoms with van der Waals surface area (Å²) in [5.74, 6) is 6.21. The first kappa shape index (κ1) is 10.7. The molecule has 0 heterocycles. The fraction of sp³-hybridized carbons (Fsp3) is 0.200. The predicted octanol–water partition coefficient (Wildman–Crippen LogP) is 2.93. The van der Waals surface area contributed by atoms with Crippen molar-refractivity contribution in [1.29, 1.82) is 0 Å². The van der Waals surface area contributed by atoms with Crippen molar-refractivity contribution in [2.24, 2.45) is 5.73 Å². The second-order valence-corrected chi connectivity index (χ2v) is 4.50. The van der Waals surface area contributed by atoms with Gasteiger partial charge in [-0.25, -0.2) is 0 Å². The molecule has 0 saturated carbocycles. The Kier molecular flexibility index (Phi) is 2.68. The maximum atomic E-state index is 5.85. The lowest BCUT2D eigenvalue weighted by Crippen LogP contribution is -2.29. The summed E-state index contributed by atoms with van der Waals surface area (Å²) in [6.07, 6.45) is 0. The molecule has 16 heavy (non-hydrogen) atoms. The molecule has 2 aromatic rings. The topological polar surface area (TPSA) is 26.0 Å². The molecule has 2 N–H and O–H groups in total. The number of nitrogens with two attached hydrogens (primary N) is 1. The van der Waals surface area contributed by atoms with Gasteiger partial charge in [0.15, 0.2) is 0 Å². The molecule has 2 aromatic carbocycles. The number of benzene rings is 2. The monoisotopic (exact) mass is 209 g/mol. The van der Waals surface area contributed by atoms with Crippen molar-refractivity contribution in [2.75, 3.05) is 0 Å². The minimum atomic E-state index is -0.447. The van der Waals surface area contributed by atoms with Gasteiger partial charge in [-0.2, -0.15) is 0 Å². The van der Waals surface area contributed by atoms with Crippen molar-refractivity contribution >= 4 is 10.8 Å². The van der Waals surface area contributed by atoms with E-state index in [0.29, 0.717) is 0 Å². The van der Waals surface area contributed by atoms with Crippen molar-refractivity contribution in [2.45, 2.75) is 19.4 Å². The predicted molar refractivity (Wildman–Crippen MR) is 69.1 cm³/mol. The zero-order chi connectivity index (χ0) is 11.6. The summed E-state index contributed by atoms with van der Waals surface area (Å²) in [4.78, 5) is 0. The van der Waals surface area contributed by atoms with Gasteiger partial charge < -0.3 is 5.73 Å². The Labute approximate surface area is 96.3 Å². The van der Waals surface area contributed by atoms with E-state index in [0.717, 1.165) is 5.56 Å². The summed E-state index contributed by atoms with van der Waals surface area (Å²) in [6, 6.07) is 14.4. The van der Waals surface area contributed by atoms with E-state index >= 15 is 0 Å². The summed E-state index contributed by atoms with van der Waals surface area (Å²) >= 11 is 0. The van der Waals surface area contributed by atoms with Crippen LogP contribution < -0.4 is 5.73 Å². The van der Waals surface area contributed by atoms with Crippen LogP contribution in [-0.4, -0.2) is 5.54 Å². The normalized spacial score (nSPS) is 10.9. The molecule has 2 rings (SSSR count). The van der Waals surface area contributed by atoms with E-state index in [1.54, 1.807) is 0 Å². The molecular weight excluding hydrogens is 194 g/mol. The Hall–Kier alpha value is -1.78. The van der Waals surface area contributed by atoms with Crippen LogP contribution in [0.1, 0.15) is 19.4 Å². The molecule has 0 unspecified atom stereocenters. The minimum Gasteiger partial charge on any atom is -0.316 e. The second-order valence-electron chi connectivity index (χ2n) is 4.50. The highest BCUT2D eigenvalue weighted by atomic mass is 14.7. The van der Waals surface area contributed by atoms with E-state index in [-0.39, 0.29) is 0 Å². The fourth-order valence-corrected chi connectivity index (χ4v) is 1.56. The SMILES string of the molecule is CC(C)(N)C#Cc1cccc2ccccc12. The summed E-state index contributed by atoms with van der Waals surface area (Å²) < 4.78 is 0. The lowest BCUT2D eigenvalue weighted by atomic mass is 10.0. The third-order valence-corrected chi connectivity index (χ3v) is 2.31.